The number of imidazole rings is 1. The van der Waals surface area contributed by atoms with E-state index in [1.54, 1.807) is 22.9 Å². The van der Waals surface area contributed by atoms with Crippen molar-refractivity contribution in [1.82, 2.24) is 9.55 Å². The molecule has 9 heteroatoms. The molecule has 0 bridgehead atoms. The smallest absolute Gasteiger partial charge is 0.302 e. The second-order valence-electron chi connectivity index (χ2n) is 3.39. The zero-order valence-corrected chi connectivity index (χ0v) is 14.3. The minimum absolute atomic E-state index is 0.324. The van der Waals surface area contributed by atoms with Crippen LogP contribution < -0.4 is 0 Å². The van der Waals surface area contributed by atoms with Crippen LogP contribution in [0.1, 0.15) is 0 Å². The van der Waals surface area contributed by atoms with E-state index in [2.05, 4.69) is 20.9 Å². The van der Waals surface area contributed by atoms with Crippen LogP contribution in [0.5, 0.6) is 0 Å². The largest absolute Gasteiger partial charge is 0.310 e. The average molecular weight is 425 g/mol. The first-order chi connectivity index (χ1) is 8.76. The highest BCUT2D eigenvalue weighted by molar-refractivity contribution is 9.10. The molecule has 0 saturated heterocycles. The number of rotatable bonds is 3. The number of thioether (sulfide) groups is 1. The number of nitrogens with zero attached hydrogens (tertiary/aromatic N) is 2. The van der Waals surface area contributed by atoms with Crippen molar-refractivity contribution in [2.45, 2.75) is 8.95 Å². The van der Waals surface area contributed by atoms with Crippen LogP contribution in [0, 0.1) is 0 Å². The highest BCUT2D eigenvalue weighted by atomic mass is 79.9. The summed E-state index contributed by atoms with van der Waals surface area (Å²) in [4.78, 5) is 3.99. The predicted octanol–water partition coefficient (Wildman–Crippen LogP) is 6.09. The number of benzene rings is 1. The predicted molar refractivity (Wildman–Crippen MR) is 82.7 cm³/mol. The molecule has 0 saturated carbocycles. The zero-order valence-electron chi connectivity index (χ0n) is 8.88. The Balaban J connectivity index is 2.39. The van der Waals surface area contributed by atoms with Crippen LogP contribution in [-0.2, 0) is 0 Å². The van der Waals surface area contributed by atoms with Crippen LogP contribution in [0.15, 0.2) is 34.2 Å². The van der Waals surface area contributed by atoms with Gasteiger partial charge in [0.05, 0.1) is 10.7 Å². The second kappa shape index (κ2) is 6.00. The quantitative estimate of drug-likeness (QED) is 0.438. The normalized spacial score (nSPS) is 11.9. The Hall–Kier alpha value is 0.350. The molecular weight excluding hydrogens is 421 g/mol. The third-order valence-corrected chi connectivity index (χ3v) is 4.24. The maximum Gasteiger partial charge on any atom is 0.310 e. The lowest BCUT2D eigenvalue weighted by atomic mass is 10.3. The van der Waals surface area contributed by atoms with Gasteiger partial charge in [-0.3, -0.25) is 0 Å². The van der Waals surface area contributed by atoms with Gasteiger partial charge in [0.1, 0.15) is 11.4 Å². The van der Waals surface area contributed by atoms with Crippen molar-refractivity contribution in [2.24, 2.45) is 0 Å². The van der Waals surface area contributed by atoms with E-state index in [1.165, 1.54) is 6.33 Å². The summed E-state index contributed by atoms with van der Waals surface area (Å²) in [5, 5.41) is 1.25. The third-order valence-electron chi connectivity index (χ3n) is 2.02. The molecular formula is C10H4BrCl4FN2S. The van der Waals surface area contributed by atoms with Gasteiger partial charge in [-0.25, -0.2) is 4.98 Å². The summed E-state index contributed by atoms with van der Waals surface area (Å²) in [6, 6.07) is 3.29. The summed E-state index contributed by atoms with van der Waals surface area (Å²) in [5.41, 5.74) is 0.638. The summed E-state index contributed by atoms with van der Waals surface area (Å²) in [6.07, 6.45) is 3.03. The van der Waals surface area contributed by atoms with E-state index < -0.39 is 3.92 Å². The van der Waals surface area contributed by atoms with Crippen molar-refractivity contribution < 1.29 is 4.39 Å². The van der Waals surface area contributed by atoms with Crippen LogP contribution >= 0.6 is 74.1 Å². The fourth-order valence-corrected chi connectivity index (χ4v) is 3.86. The maximum absolute atomic E-state index is 13.1. The summed E-state index contributed by atoms with van der Waals surface area (Å²) in [6.45, 7) is 0. The third kappa shape index (κ3) is 4.16. The van der Waals surface area contributed by atoms with Gasteiger partial charge in [-0.15, -0.1) is 0 Å². The molecule has 0 aliphatic carbocycles. The van der Waals surface area contributed by atoms with E-state index in [1.807, 2.05) is 0 Å². The van der Waals surface area contributed by atoms with Crippen molar-refractivity contribution in [2.75, 3.05) is 0 Å². The lowest BCUT2D eigenvalue weighted by molar-refractivity contribution is 0.515. The van der Waals surface area contributed by atoms with Gasteiger partial charge >= 0.3 is 3.92 Å². The lowest BCUT2D eigenvalue weighted by Crippen LogP contribution is -1.95. The monoisotopic (exact) mass is 422 g/mol. The lowest BCUT2D eigenvalue weighted by Gasteiger charge is -2.08. The van der Waals surface area contributed by atoms with Gasteiger partial charge in [-0.1, -0.05) is 46.4 Å². The second-order valence-corrected chi connectivity index (χ2v) is 7.95. The van der Waals surface area contributed by atoms with Crippen molar-refractivity contribution in [3.05, 3.63) is 39.2 Å². The Morgan fingerprint density at radius 2 is 2.00 bits per heavy atom. The van der Waals surface area contributed by atoms with E-state index in [-0.39, 0.29) is 0 Å². The molecule has 2 aromatic rings. The fourth-order valence-electron chi connectivity index (χ4n) is 1.38. The van der Waals surface area contributed by atoms with Crippen molar-refractivity contribution >= 4 is 74.1 Å². The molecule has 0 atom stereocenters. The first-order valence-electron chi connectivity index (χ1n) is 4.71. The number of hydrogen-bond acceptors (Lipinski definition) is 2. The van der Waals surface area contributed by atoms with Gasteiger partial charge in [-0.2, -0.15) is 4.39 Å². The number of alkyl halides is 3. The zero-order chi connectivity index (χ0) is 14.2. The average Bonchev–Trinajstić information content (AvgIpc) is 2.61. The standard InChI is InChI=1S/C10H4BrCl4FN2S/c11-6-1-5(12)2-7(13)9(6)18-3-8(17-4-18)19-10(14,15)16/h1-4H. The Labute approximate surface area is 141 Å². The molecule has 2 rings (SSSR count). The topological polar surface area (TPSA) is 17.8 Å². The first-order valence-corrected chi connectivity index (χ1v) is 7.83. The number of halogens is 6. The summed E-state index contributed by atoms with van der Waals surface area (Å²) < 4.78 is 13.0. The van der Waals surface area contributed by atoms with Crippen LogP contribution in [0.3, 0.4) is 0 Å². The Morgan fingerprint density at radius 1 is 1.32 bits per heavy atom. The van der Waals surface area contributed by atoms with Gasteiger partial charge in [0.15, 0.2) is 0 Å². The van der Waals surface area contributed by atoms with E-state index in [0.29, 0.717) is 37.0 Å². The van der Waals surface area contributed by atoms with E-state index in [9.17, 15) is 4.39 Å². The molecule has 0 radical (unpaired) electrons. The molecule has 1 heterocycles. The molecule has 102 valence electrons. The van der Waals surface area contributed by atoms with Gasteiger partial charge in [0.2, 0.25) is 0 Å². The van der Waals surface area contributed by atoms with Crippen molar-refractivity contribution in [3.63, 3.8) is 0 Å². The molecule has 1 aromatic heterocycles. The summed E-state index contributed by atoms with van der Waals surface area (Å²) in [5.74, 6) is 0. The molecule has 0 amide bonds. The molecule has 0 spiro atoms. The Morgan fingerprint density at radius 3 is 2.58 bits per heavy atom. The van der Waals surface area contributed by atoms with Crippen molar-refractivity contribution in [3.8, 4) is 5.69 Å². The molecule has 0 aliphatic heterocycles. The molecule has 0 fully saturated rings. The summed E-state index contributed by atoms with van der Waals surface area (Å²) in [7, 11) is 0. The van der Waals surface area contributed by atoms with Gasteiger partial charge in [-0.05, 0) is 39.8 Å². The van der Waals surface area contributed by atoms with Gasteiger partial charge in [0, 0.05) is 15.7 Å². The summed E-state index contributed by atoms with van der Waals surface area (Å²) >= 11 is 26.5. The van der Waals surface area contributed by atoms with Crippen molar-refractivity contribution in [1.29, 1.82) is 0 Å². The molecule has 2 nitrogen and oxygen atoms in total. The maximum atomic E-state index is 13.1. The Kier molecular flexibility index (Phi) is 4.97. The highest BCUT2D eigenvalue weighted by Crippen LogP contribution is 2.41. The number of aromatic nitrogens is 2. The minimum Gasteiger partial charge on any atom is -0.302 e. The fraction of sp³-hybridized carbons (Fsp3) is 0.100. The van der Waals surface area contributed by atoms with E-state index in [0.717, 1.165) is 0 Å². The minimum atomic E-state index is -2.43. The molecule has 0 aliphatic rings. The highest BCUT2D eigenvalue weighted by Gasteiger charge is 2.25. The van der Waals surface area contributed by atoms with Gasteiger partial charge < -0.3 is 4.57 Å². The number of hydrogen-bond donors (Lipinski definition) is 0. The van der Waals surface area contributed by atoms with Crippen LogP contribution in [-0.4, -0.2) is 13.5 Å². The molecule has 0 unspecified atom stereocenters. The van der Waals surface area contributed by atoms with E-state index in [4.69, 9.17) is 46.4 Å². The SMILES string of the molecule is FC(Cl)(Cl)Sc1cn(-c2c(Cl)cc(Cl)cc2Br)cn1. The van der Waals surface area contributed by atoms with E-state index >= 15 is 0 Å². The van der Waals surface area contributed by atoms with Gasteiger partial charge in [0.25, 0.3) is 0 Å². The Bertz CT molecular complexity index is 591. The first kappa shape index (κ1) is 15.7. The molecule has 0 N–H and O–H groups in total. The van der Waals surface area contributed by atoms with Crippen LogP contribution in [0.4, 0.5) is 4.39 Å². The van der Waals surface area contributed by atoms with Crippen LogP contribution in [0.25, 0.3) is 5.69 Å². The molecule has 19 heavy (non-hydrogen) atoms. The molecule has 1 aromatic carbocycles. The van der Waals surface area contributed by atoms with Crippen LogP contribution in [0.2, 0.25) is 10.0 Å².